The summed E-state index contributed by atoms with van der Waals surface area (Å²) in [6.07, 6.45) is 8.51. The molecule has 0 aliphatic carbocycles. The lowest BCUT2D eigenvalue weighted by Crippen LogP contribution is -2.01. The van der Waals surface area contributed by atoms with Crippen LogP contribution in [0.2, 0.25) is 0 Å². The van der Waals surface area contributed by atoms with Crippen LogP contribution in [-0.4, -0.2) is 5.78 Å². The number of hydrogen-bond donors (Lipinski definition) is 0. The average Bonchev–Trinajstić information content (AvgIpc) is 2.18. The number of unbranched alkanes of at least 4 members (excludes halogenated alkanes) is 4. The number of ketones is 1. The van der Waals surface area contributed by atoms with Crippen LogP contribution < -0.4 is 0 Å². The highest BCUT2D eigenvalue weighted by Crippen LogP contribution is 2.11. The van der Waals surface area contributed by atoms with Gasteiger partial charge in [-0.2, -0.15) is 0 Å². The zero-order valence-corrected chi connectivity index (χ0v) is 9.77. The van der Waals surface area contributed by atoms with Crippen molar-refractivity contribution in [2.45, 2.75) is 65.2 Å². The number of hydrogen-bond acceptors (Lipinski definition) is 1. The van der Waals surface area contributed by atoms with Gasteiger partial charge in [0.1, 0.15) is 0 Å². The third kappa shape index (κ3) is 6.88. The van der Waals surface area contributed by atoms with E-state index in [2.05, 4.69) is 20.4 Å². The molecule has 1 heteroatoms. The molecule has 0 unspecified atom stereocenters. The van der Waals surface area contributed by atoms with E-state index in [0.29, 0.717) is 6.42 Å². The van der Waals surface area contributed by atoms with Crippen LogP contribution in [0.1, 0.15) is 65.2 Å². The van der Waals surface area contributed by atoms with E-state index in [1.807, 2.05) is 0 Å². The number of allylic oxidation sites excluding steroid dienone is 1. The van der Waals surface area contributed by atoms with Gasteiger partial charge in [-0.3, -0.25) is 4.79 Å². The lowest BCUT2D eigenvalue weighted by Gasteiger charge is -2.03. The van der Waals surface area contributed by atoms with Gasteiger partial charge in [-0.25, -0.2) is 0 Å². The minimum atomic E-state index is 0.287. The second kappa shape index (κ2) is 8.98. The van der Waals surface area contributed by atoms with Crippen LogP contribution in [0, 0.1) is 0 Å². The molecule has 0 N–H and O–H groups in total. The molecule has 1 nitrogen and oxygen atoms in total. The number of rotatable bonds is 9. The topological polar surface area (TPSA) is 17.1 Å². The molecule has 0 aromatic rings. The molecule has 0 aliphatic heterocycles. The molecule has 0 bridgehead atoms. The van der Waals surface area contributed by atoms with E-state index in [1.165, 1.54) is 19.3 Å². The first-order valence-corrected chi connectivity index (χ1v) is 5.93. The number of Topliss-reactive ketones (excluding diaryl/α,β-unsaturated/α-hetero) is 1. The first-order valence-electron chi connectivity index (χ1n) is 5.93. The molecule has 0 atom stereocenters. The summed E-state index contributed by atoms with van der Waals surface area (Å²) in [5.74, 6) is 0.287. The molecule has 0 saturated carbocycles. The van der Waals surface area contributed by atoms with Crippen LogP contribution in [-0.2, 0) is 4.79 Å². The van der Waals surface area contributed by atoms with E-state index in [-0.39, 0.29) is 5.78 Å². The molecule has 0 aromatic heterocycles. The Morgan fingerprint density at radius 3 is 1.93 bits per heavy atom. The molecule has 14 heavy (non-hydrogen) atoms. The van der Waals surface area contributed by atoms with Crippen LogP contribution >= 0.6 is 0 Å². The molecule has 82 valence electrons. The summed E-state index contributed by atoms with van der Waals surface area (Å²) in [5, 5.41) is 0. The van der Waals surface area contributed by atoms with Gasteiger partial charge >= 0.3 is 0 Å². The molecule has 0 radical (unpaired) electrons. The Bertz CT molecular complexity index is 150. The highest BCUT2D eigenvalue weighted by atomic mass is 16.1. The first kappa shape index (κ1) is 13.4. The third-order valence-corrected chi connectivity index (χ3v) is 2.48. The summed E-state index contributed by atoms with van der Waals surface area (Å²) < 4.78 is 0. The van der Waals surface area contributed by atoms with Crippen LogP contribution in [0.25, 0.3) is 0 Å². The van der Waals surface area contributed by atoms with Crippen molar-refractivity contribution in [3.63, 3.8) is 0 Å². The second-order valence-electron chi connectivity index (χ2n) is 3.94. The highest BCUT2D eigenvalue weighted by molar-refractivity contribution is 5.94. The predicted molar refractivity (Wildman–Crippen MR) is 62.4 cm³/mol. The summed E-state index contributed by atoms with van der Waals surface area (Å²) in [7, 11) is 0. The number of carbonyl (C=O) groups excluding carboxylic acids is 1. The van der Waals surface area contributed by atoms with Crippen LogP contribution in [0.15, 0.2) is 12.2 Å². The molecular formula is C13H24O. The van der Waals surface area contributed by atoms with Crippen molar-refractivity contribution in [2.24, 2.45) is 0 Å². The fraction of sp³-hybridized carbons (Fsp3) is 0.769. The van der Waals surface area contributed by atoms with E-state index in [4.69, 9.17) is 0 Å². The SMILES string of the molecule is C=C(CCCCC)C(=O)CCCCC. The largest absolute Gasteiger partial charge is 0.295 e. The quantitative estimate of drug-likeness (QED) is 0.397. The van der Waals surface area contributed by atoms with Gasteiger partial charge in [0.05, 0.1) is 0 Å². The molecule has 0 saturated heterocycles. The lowest BCUT2D eigenvalue weighted by atomic mass is 10.0. The van der Waals surface area contributed by atoms with Gasteiger partial charge in [-0.15, -0.1) is 0 Å². The first-order chi connectivity index (χ1) is 6.72. The molecule has 0 spiro atoms. The van der Waals surface area contributed by atoms with Crippen LogP contribution in [0.4, 0.5) is 0 Å². The summed E-state index contributed by atoms with van der Waals surface area (Å²) in [6.45, 7) is 8.18. The second-order valence-corrected chi connectivity index (χ2v) is 3.94. The van der Waals surface area contributed by atoms with Gasteiger partial charge in [0.15, 0.2) is 5.78 Å². The Kier molecular flexibility index (Phi) is 8.61. The summed E-state index contributed by atoms with van der Waals surface area (Å²) in [4.78, 5) is 11.5. The van der Waals surface area contributed by atoms with Crippen molar-refractivity contribution in [2.75, 3.05) is 0 Å². The zero-order valence-electron chi connectivity index (χ0n) is 9.77. The Labute approximate surface area is 88.6 Å². The van der Waals surface area contributed by atoms with E-state index in [0.717, 1.165) is 31.3 Å². The number of carbonyl (C=O) groups is 1. The lowest BCUT2D eigenvalue weighted by molar-refractivity contribution is -0.115. The van der Waals surface area contributed by atoms with Gasteiger partial charge in [0.2, 0.25) is 0 Å². The minimum Gasteiger partial charge on any atom is -0.295 e. The van der Waals surface area contributed by atoms with Gasteiger partial charge in [-0.1, -0.05) is 46.1 Å². The molecule has 0 heterocycles. The van der Waals surface area contributed by atoms with Crippen molar-refractivity contribution >= 4 is 5.78 Å². The van der Waals surface area contributed by atoms with E-state index in [1.54, 1.807) is 0 Å². The molecule has 0 aromatic carbocycles. The van der Waals surface area contributed by atoms with E-state index < -0.39 is 0 Å². The van der Waals surface area contributed by atoms with Crippen molar-refractivity contribution in [1.82, 2.24) is 0 Å². The Morgan fingerprint density at radius 2 is 1.43 bits per heavy atom. The van der Waals surface area contributed by atoms with Crippen molar-refractivity contribution in [3.05, 3.63) is 12.2 Å². The average molecular weight is 196 g/mol. The van der Waals surface area contributed by atoms with Crippen molar-refractivity contribution in [1.29, 1.82) is 0 Å². The molecular weight excluding hydrogens is 172 g/mol. The molecule has 0 fully saturated rings. The maximum atomic E-state index is 11.5. The monoisotopic (exact) mass is 196 g/mol. The van der Waals surface area contributed by atoms with Gasteiger partial charge in [0.25, 0.3) is 0 Å². The Hall–Kier alpha value is -0.590. The fourth-order valence-electron chi connectivity index (χ4n) is 1.44. The van der Waals surface area contributed by atoms with Gasteiger partial charge in [0, 0.05) is 6.42 Å². The third-order valence-electron chi connectivity index (χ3n) is 2.48. The predicted octanol–water partition coefficient (Wildman–Crippen LogP) is 4.27. The van der Waals surface area contributed by atoms with Crippen LogP contribution in [0.5, 0.6) is 0 Å². The van der Waals surface area contributed by atoms with Gasteiger partial charge in [-0.05, 0) is 24.8 Å². The fourth-order valence-corrected chi connectivity index (χ4v) is 1.44. The Balaban J connectivity index is 3.50. The summed E-state index contributed by atoms with van der Waals surface area (Å²) in [6, 6.07) is 0. The normalized spacial score (nSPS) is 10.1. The maximum absolute atomic E-state index is 11.5. The zero-order chi connectivity index (χ0) is 10.8. The summed E-state index contributed by atoms with van der Waals surface area (Å²) in [5.41, 5.74) is 0.842. The van der Waals surface area contributed by atoms with E-state index in [9.17, 15) is 4.79 Å². The maximum Gasteiger partial charge on any atom is 0.158 e. The van der Waals surface area contributed by atoms with Crippen molar-refractivity contribution < 1.29 is 4.79 Å². The Morgan fingerprint density at radius 1 is 0.929 bits per heavy atom. The molecule has 0 aliphatic rings. The minimum absolute atomic E-state index is 0.287. The summed E-state index contributed by atoms with van der Waals surface area (Å²) >= 11 is 0. The smallest absolute Gasteiger partial charge is 0.158 e. The van der Waals surface area contributed by atoms with Crippen LogP contribution in [0.3, 0.4) is 0 Å². The highest BCUT2D eigenvalue weighted by Gasteiger charge is 2.05. The standard InChI is InChI=1S/C13H24O/c1-4-6-8-10-12(3)13(14)11-9-7-5-2/h3-11H2,1-2H3. The molecule has 0 amide bonds. The van der Waals surface area contributed by atoms with E-state index >= 15 is 0 Å². The van der Waals surface area contributed by atoms with Gasteiger partial charge < -0.3 is 0 Å². The molecule has 0 rings (SSSR count). The van der Waals surface area contributed by atoms with Crippen molar-refractivity contribution in [3.8, 4) is 0 Å².